The van der Waals surface area contributed by atoms with E-state index in [0.717, 1.165) is 24.2 Å². The fourth-order valence-corrected chi connectivity index (χ4v) is 2.35. The summed E-state index contributed by atoms with van der Waals surface area (Å²) in [5, 5.41) is 0. The van der Waals surface area contributed by atoms with Crippen molar-refractivity contribution in [3.8, 4) is 17.2 Å². The van der Waals surface area contributed by atoms with Gasteiger partial charge in [-0.25, -0.2) is 23.2 Å². The first-order valence-electron chi connectivity index (χ1n) is 7.48. The van der Waals surface area contributed by atoms with Crippen molar-refractivity contribution in [2.75, 3.05) is 48.5 Å². The monoisotopic (exact) mass is 390 g/mol. The number of benzene rings is 1. The van der Waals surface area contributed by atoms with E-state index in [1.54, 1.807) is 21.3 Å². The number of hydrogen-bond donors (Lipinski definition) is 0. The van der Waals surface area contributed by atoms with Crippen LogP contribution in [0.15, 0.2) is 18.3 Å². The van der Waals surface area contributed by atoms with Gasteiger partial charge in [-0.2, -0.15) is 0 Å². The Kier molecular flexibility index (Phi) is 8.12. The molecule has 1 aliphatic rings. The summed E-state index contributed by atoms with van der Waals surface area (Å²) in [4.78, 5) is 2.18. The number of nitrogens with zero attached hydrogens (tertiary/aromatic N) is 2. The number of rotatable bonds is 4. The van der Waals surface area contributed by atoms with Crippen molar-refractivity contribution >= 4 is 11.8 Å². The molecule has 0 saturated carbocycles. The molecule has 0 atom stereocenters. The molecule has 10 heteroatoms. The average molecular weight is 391 g/mol. The lowest BCUT2D eigenvalue weighted by Crippen LogP contribution is -2.68. The molecule has 0 radical (unpaired) electrons. The number of methoxy groups -OCH3 is 3. The summed E-state index contributed by atoms with van der Waals surface area (Å²) in [6, 6.07) is 3.94. The Morgan fingerprint density at radius 3 is 1.92 bits per heavy atom. The van der Waals surface area contributed by atoms with E-state index >= 15 is 0 Å². The molecule has 9 nitrogen and oxygen atoms in total. The second kappa shape index (κ2) is 9.60. The second-order valence-electron chi connectivity index (χ2n) is 5.47. The van der Waals surface area contributed by atoms with E-state index in [4.69, 9.17) is 32.8 Å². The van der Waals surface area contributed by atoms with Crippen molar-refractivity contribution in [1.82, 2.24) is 4.90 Å². The first-order valence-corrected chi connectivity index (χ1v) is 8.71. The van der Waals surface area contributed by atoms with Crippen molar-refractivity contribution in [2.24, 2.45) is 0 Å². The molecular formula is C16H23ClN2O7. The minimum Gasteiger partial charge on any atom is -0.493 e. The second-order valence-corrected chi connectivity index (χ2v) is 6.22. The fourth-order valence-electron chi connectivity index (χ4n) is 2.35. The van der Waals surface area contributed by atoms with Crippen molar-refractivity contribution < 1.29 is 47.7 Å². The third-order valence-electron chi connectivity index (χ3n) is 3.52. The van der Waals surface area contributed by atoms with Crippen molar-refractivity contribution in [3.63, 3.8) is 0 Å². The van der Waals surface area contributed by atoms with Crippen LogP contribution in [0.4, 0.5) is 0 Å². The Morgan fingerprint density at radius 1 is 1.00 bits per heavy atom. The van der Waals surface area contributed by atoms with E-state index < -0.39 is 10.2 Å². The molecule has 0 spiro atoms. The number of likely N-dealkylation sites (N-methyl/N-ethyl adjacent to an activating group) is 2. The molecular weight excluding hydrogens is 368 g/mol. The van der Waals surface area contributed by atoms with Gasteiger partial charge in [-0.1, -0.05) is 0 Å². The third-order valence-corrected chi connectivity index (χ3v) is 3.52. The van der Waals surface area contributed by atoms with Gasteiger partial charge in [0, 0.05) is 13.2 Å². The molecule has 1 aliphatic heterocycles. The van der Waals surface area contributed by atoms with Crippen LogP contribution < -0.4 is 32.8 Å². The first kappa shape index (κ1) is 22.0. The van der Waals surface area contributed by atoms with Gasteiger partial charge in [-0.15, -0.1) is 10.2 Å². The fraction of sp³-hybridized carbons (Fsp3) is 0.438. The van der Waals surface area contributed by atoms with E-state index in [9.17, 15) is 0 Å². The summed E-state index contributed by atoms with van der Waals surface area (Å²) in [5.74, 6) is 1.94. The van der Waals surface area contributed by atoms with E-state index in [-0.39, 0.29) is 0 Å². The molecule has 0 unspecified atom stereocenters. The highest BCUT2D eigenvalue weighted by Gasteiger charge is 2.17. The third kappa shape index (κ3) is 7.06. The zero-order valence-corrected chi connectivity index (χ0v) is 16.1. The minimum absolute atomic E-state index is 0.611. The smallest absolute Gasteiger partial charge is 0.203 e. The summed E-state index contributed by atoms with van der Waals surface area (Å²) >= 11 is 0. The SMILES string of the molecule is COc1cc(C2=CN(C)CC[N+](C)=C2)cc(OC)c1OC.[O-][Cl+3]([O-])([O-])[O-]. The van der Waals surface area contributed by atoms with Gasteiger partial charge in [0.2, 0.25) is 5.75 Å². The summed E-state index contributed by atoms with van der Waals surface area (Å²) in [7, 11) is 4.07. The van der Waals surface area contributed by atoms with Gasteiger partial charge in [-0.3, -0.25) is 0 Å². The van der Waals surface area contributed by atoms with E-state index in [2.05, 4.69) is 36.0 Å². The van der Waals surface area contributed by atoms with Gasteiger partial charge in [0.05, 0.1) is 33.4 Å². The molecule has 1 aromatic rings. The Morgan fingerprint density at radius 2 is 1.50 bits per heavy atom. The van der Waals surface area contributed by atoms with Gasteiger partial charge in [0.1, 0.15) is 7.05 Å². The van der Waals surface area contributed by atoms with Crippen LogP contribution in [0, 0.1) is 10.2 Å². The molecule has 2 rings (SSSR count). The maximum absolute atomic E-state index is 8.49. The van der Waals surface area contributed by atoms with Gasteiger partial charge in [-0.05, 0) is 17.7 Å². The maximum Gasteiger partial charge on any atom is 0.203 e. The predicted octanol–water partition coefficient (Wildman–Crippen LogP) is -3.04. The molecule has 0 amide bonds. The van der Waals surface area contributed by atoms with Gasteiger partial charge in [0.25, 0.3) is 0 Å². The number of ether oxygens (including phenoxy) is 3. The molecule has 0 aromatic heterocycles. The molecule has 0 aliphatic carbocycles. The lowest BCUT2D eigenvalue weighted by Gasteiger charge is -2.17. The van der Waals surface area contributed by atoms with Crippen molar-refractivity contribution in [1.29, 1.82) is 0 Å². The Balaban J connectivity index is 0.000000597. The Bertz CT molecular complexity index is 640. The van der Waals surface area contributed by atoms with Crippen LogP contribution in [0.25, 0.3) is 5.57 Å². The topological polar surface area (TPSA) is 126 Å². The molecule has 1 heterocycles. The van der Waals surface area contributed by atoms with Crippen LogP contribution in [0.5, 0.6) is 17.2 Å². The number of allylic oxidation sites excluding steroid dienone is 1. The summed E-state index contributed by atoms with van der Waals surface area (Å²) < 4.78 is 52.4. The summed E-state index contributed by atoms with van der Waals surface area (Å²) in [6.45, 7) is 1.97. The van der Waals surface area contributed by atoms with Crippen molar-refractivity contribution in [3.05, 3.63) is 23.9 Å². The van der Waals surface area contributed by atoms with Gasteiger partial charge in [0.15, 0.2) is 24.3 Å². The molecule has 1 aromatic carbocycles. The van der Waals surface area contributed by atoms with Crippen LogP contribution >= 0.6 is 0 Å². The molecule has 0 bridgehead atoms. The summed E-state index contributed by atoms with van der Waals surface area (Å²) in [5.41, 5.74) is 2.14. The van der Waals surface area contributed by atoms with Crippen LogP contribution in [-0.4, -0.2) is 64.2 Å². The van der Waals surface area contributed by atoms with E-state index in [0.29, 0.717) is 17.2 Å². The highest BCUT2D eigenvalue weighted by atomic mass is 35.7. The van der Waals surface area contributed by atoms with Crippen LogP contribution in [0.1, 0.15) is 5.56 Å². The van der Waals surface area contributed by atoms with Crippen LogP contribution in [0.2, 0.25) is 0 Å². The van der Waals surface area contributed by atoms with Crippen LogP contribution in [-0.2, 0) is 0 Å². The highest BCUT2D eigenvalue weighted by Crippen LogP contribution is 2.39. The molecule has 146 valence electrons. The quantitative estimate of drug-likeness (QED) is 0.496. The van der Waals surface area contributed by atoms with Crippen molar-refractivity contribution in [2.45, 2.75) is 0 Å². The van der Waals surface area contributed by atoms with E-state index in [1.807, 2.05) is 12.1 Å². The maximum atomic E-state index is 8.49. The minimum atomic E-state index is -4.94. The Hall–Kier alpha value is -2.04. The summed E-state index contributed by atoms with van der Waals surface area (Å²) in [6.07, 6.45) is 4.26. The normalized spacial score (nSPS) is 14.4. The van der Waals surface area contributed by atoms with Gasteiger partial charge >= 0.3 is 0 Å². The molecule has 26 heavy (non-hydrogen) atoms. The zero-order chi connectivity index (χ0) is 19.9. The molecule has 0 N–H and O–H groups in total. The largest absolute Gasteiger partial charge is 0.493 e. The predicted molar refractivity (Wildman–Crippen MR) is 83.8 cm³/mol. The highest BCUT2D eigenvalue weighted by molar-refractivity contribution is 6.07. The van der Waals surface area contributed by atoms with E-state index in [1.165, 1.54) is 0 Å². The number of hydrogen-bond acceptors (Lipinski definition) is 8. The van der Waals surface area contributed by atoms with Crippen LogP contribution in [0.3, 0.4) is 0 Å². The zero-order valence-electron chi connectivity index (χ0n) is 15.4. The number of halogens is 1. The van der Waals surface area contributed by atoms with Gasteiger partial charge < -0.3 is 19.1 Å². The lowest BCUT2D eigenvalue weighted by molar-refractivity contribution is -2.00. The first-order chi connectivity index (χ1) is 12.1. The molecule has 0 saturated heterocycles. The average Bonchev–Trinajstić information content (AvgIpc) is 2.73. The lowest BCUT2D eigenvalue weighted by atomic mass is 10.1. The standard InChI is InChI=1S/C16H23N2O3.ClHO4/c1-17-6-7-18(2)11-13(10-17)12-8-14(19-3)16(21-5)15(9-12)20-4;2-1(3,4)5/h8-11H,6-7H2,1-5H3;(H,2,3,4,5)/q+1;/p-1. The Labute approximate surface area is 154 Å². The molecule has 0 fully saturated rings.